The lowest BCUT2D eigenvalue weighted by atomic mass is 9.87. The second kappa shape index (κ2) is 28.4. The highest BCUT2D eigenvalue weighted by Gasteiger charge is 2.33. The van der Waals surface area contributed by atoms with E-state index in [4.69, 9.17) is 18.7 Å². The fourth-order valence-electron chi connectivity index (χ4n) is 5.45. The summed E-state index contributed by atoms with van der Waals surface area (Å²) in [7, 11) is -3.66. The molecule has 5 N–H and O–H groups in total. The van der Waals surface area contributed by atoms with E-state index < -0.39 is 19.3 Å². The summed E-state index contributed by atoms with van der Waals surface area (Å²) in [6.07, 6.45) is 6.02. The van der Waals surface area contributed by atoms with Crippen LogP contribution in [-0.4, -0.2) is 130 Å². The normalized spacial score (nSPS) is 17.9. The number of hydrogen-bond acceptors (Lipinski definition) is 10. The van der Waals surface area contributed by atoms with Crippen LogP contribution >= 0.6 is 7.60 Å². The van der Waals surface area contributed by atoms with E-state index in [1.54, 1.807) is 18.7 Å². The van der Waals surface area contributed by atoms with Crippen molar-refractivity contribution < 1.29 is 47.4 Å². The highest BCUT2D eigenvalue weighted by atomic mass is 31.2. The summed E-state index contributed by atoms with van der Waals surface area (Å²) in [6.45, 7) is 13.2. The molecule has 2 unspecified atom stereocenters. The first-order valence-electron chi connectivity index (χ1n) is 19.0. The van der Waals surface area contributed by atoms with Crippen LogP contribution in [0.4, 0.5) is 0 Å². The van der Waals surface area contributed by atoms with Crippen molar-refractivity contribution in [1.29, 1.82) is 0 Å². The molecule has 1 rings (SSSR count). The van der Waals surface area contributed by atoms with E-state index >= 15 is 0 Å². The Bertz CT molecular complexity index is 1000. The van der Waals surface area contributed by atoms with Crippen LogP contribution in [0.5, 0.6) is 0 Å². The molecular formula is C35H68N5O10P. The molecule has 0 spiro atoms. The van der Waals surface area contributed by atoms with E-state index in [1.807, 2.05) is 20.8 Å². The van der Waals surface area contributed by atoms with Gasteiger partial charge in [0.05, 0.1) is 50.7 Å². The van der Waals surface area contributed by atoms with Gasteiger partial charge in [-0.05, 0) is 64.2 Å². The molecule has 0 heterocycles. The number of hydrogen-bond donors (Lipinski definition) is 5. The number of unbranched alkanes of at least 4 members (excludes halogenated alkanes) is 1. The molecule has 16 heteroatoms. The predicted molar refractivity (Wildman–Crippen MR) is 196 cm³/mol. The molecule has 51 heavy (non-hydrogen) atoms. The van der Waals surface area contributed by atoms with Gasteiger partial charge in [0, 0.05) is 51.9 Å². The average molecular weight is 750 g/mol. The van der Waals surface area contributed by atoms with Crippen molar-refractivity contribution in [3.8, 4) is 0 Å². The molecule has 1 saturated carbocycles. The van der Waals surface area contributed by atoms with Crippen LogP contribution in [-0.2, 0) is 42.5 Å². The Morgan fingerprint density at radius 3 is 1.67 bits per heavy atom. The van der Waals surface area contributed by atoms with E-state index in [9.17, 15) is 28.6 Å². The number of nitrogens with one attached hydrogen (secondary N) is 4. The van der Waals surface area contributed by atoms with Gasteiger partial charge >= 0.3 is 7.60 Å². The molecule has 0 radical (unpaired) electrons. The fraction of sp³-hybridized carbons (Fsp3) is 0.886. The number of carbonyl (C=O) groups is 4. The summed E-state index contributed by atoms with van der Waals surface area (Å²) >= 11 is 0. The van der Waals surface area contributed by atoms with Crippen molar-refractivity contribution in [2.75, 3.05) is 78.9 Å². The lowest BCUT2D eigenvalue weighted by molar-refractivity contribution is -0.132. The number of nitrogens with zero attached hydrogens (tertiary/aromatic N) is 1. The fourth-order valence-corrected chi connectivity index (χ4v) is 6.33. The largest absolute Gasteiger partial charge is 0.380 e. The van der Waals surface area contributed by atoms with E-state index in [1.165, 1.54) is 0 Å². The first kappa shape index (κ1) is 46.9. The molecule has 1 fully saturated rings. The van der Waals surface area contributed by atoms with E-state index in [0.29, 0.717) is 111 Å². The molecule has 1 aliphatic rings. The third-order valence-electron chi connectivity index (χ3n) is 8.37. The van der Waals surface area contributed by atoms with Gasteiger partial charge in [-0.3, -0.25) is 28.6 Å². The maximum Gasteiger partial charge on any atom is 0.330 e. The summed E-state index contributed by atoms with van der Waals surface area (Å²) in [5.74, 6) is -1.20. The van der Waals surface area contributed by atoms with Gasteiger partial charge in [-0.25, -0.2) is 0 Å². The Kier molecular flexibility index (Phi) is 26.1. The Morgan fingerprint density at radius 2 is 1.20 bits per heavy atom. The van der Waals surface area contributed by atoms with Gasteiger partial charge in [0.25, 0.3) is 0 Å². The molecule has 15 nitrogen and oxygen atoms in total. The summed E-state index contributed by atoms with van der Waals surface area (Å²) < 4.78 is 34.2. The number of rotatable bonds is 30. The highest BCUT2D eigenvalue weighted by molar-refractivity contribution is 7.53. The molecule has 0 saturated heterocycles. The summed E-state index contributed by atoms with van der Waals surface area (Å²) in [6, 6.07) is -0.778. The number of amides is 4. The van der Waals surface area contributed by atoms with Crippen LogP contribution in [0.3, 0.4) is 0 Å². The van der Waals surface area contributed by atoms with Crippen LogP contribution in [0.25, 0.3) is 0 Å². The van der Waals surface area contributed by atoms with Crippen molar-refractivity contribution in [2.45, 2.75) is 117 Å². The van der Waals surface area contributed by atoms with Crippen LogP contribution in [0, 0.1) is 5.92 Å². The van der Waals surface area contributed by atoms with Crippen molar-refractivity contribution in [2.24, 2.45) is 5.92 Å². The second-order valence-electron chi connectivity index (χ2n) is 13.3. The van der Waals surface area contributed by atoms with Crippen LogP contribution in [0.15, 0.2) is 0 Å². The van der Waals surface area contributed by atoms with Gasteiger partial charge in [-0.15, -0.1) is 0 Å². The minimum absolute atomic E-state index is 0.0633. The monoisotopic (exact) mass is 749 g/mol. The molecule has 0 bridgehead atoms. The molecular weight excluding hydrogens is 681 g/mol. The minimum Gasteiger partial charge on any atom is -0.380 e. The highest BCUT2D eigenvalue weighted by Crippen LogP contribution is 2.50. The number of ether oxygens (including phenoxy) is 3. The summed E-state index contributed by atoms with van der Waals surface area (Å²) in [5, 5.41) is 11.5. The van der Waals surface area contributed by atoms with Gasteiger partial charge in [-0.1, -0.05) is 34.6 Å². The van der Waals surface area contributed by atoms with Crippen molar-refractivity contribution in [3.05, 3.63) is 0 Å². The van der Waals surface area contributed by atoms with Gasteiger partial charge < -0.3 is 44.9 Å². The smallest absolute Gasteiger partial charge is 0.330 e. The lowest BCUT2D eigenvalue weighted by Crippen LogP contribution is -2.54. The average Bonchev–Trinajstić information content (AvgIpc) is 3.09. The van der Waals surface area contributed by atoms with Crippen molar-refractivity contribution >= 4 is 31.2 Å². The van der Waals surface area contributed by atoms with Gasteiger partial charge in [0.15, 0.2) is 0 Å². The number of carbonyl (C=O) groups excluding carboxylic acids is 4. The third kappa shape index (κ3) is 21.9. The zero-order valence-corrected chi connectivity index (χ0v) is 32.8. The zero-order chi connectivity index (χ0) is 37.9. The molecule has 0 aromatic carbocycles. The SMILES string of the molecule is CCCOCCNC(=O)CN(CC(=O)NCCOCCC)C(CCCCNC(=O)C1CCC(OP(=O)(O)C(C)C)CC1)C(=O)NCCOCCC. The quantitative estimate of drug-likeness (QED) is 0.0536. The lowest BCUT2D eigenvalue weighted by Gasteiger charge is -2.30. The Labute approximate surface area is 305 Å². The molecule has 1 aliphatic carbocycles. The molecule has 298 valence electrons. The molecule has 0 aromatic rings. The topological polar surface area (TPSA) is 194 Å². The first-order valence-corrected chi connectivity index (χ1v) is 20.7. The van der Waals surface area contributed by atoms with Gasteiger partial charge in [0.2, 0.25) is 23.6 Å². The summed E-state index contributed by atoms with van der Waals surface area (Å²) in [5.41, 5.74) is -0.476. The minimum atomic E-state index is -3.66. The van der Waals surface area contributed by atoms with Gasteiger partial charge in [0.1, 0.15) is 0 Å². The van der Waals surface area contributed by atoms with Crippen LogP contribution < -0.4 is 21.3 Å². The van der Waals surface area contributed by atoms with Crippen LogP contribution in [0.2, 0.25) is 0 Å². The maximum absolute atomic E-state index is 13.5. The molecule has 0 aliphatic heterocycles. The Morgan fingerprint density at radius 1 is 0.706 bits per heavy atom. The van der Waals surface area contributed by atoms with Gasteiger partial charge in [-0.2, -0.15) is 0 Å². The van der Waals surface area contributed by atoms with E-state index in [0.717, 1.165) is 19.3 Å². The van der Waals surface area contributed by atoms with E-state index in [2.05, 4.69) is 21.3 Å². The summed E-state index contributed by atoms with van der Waals surface area (Å²) in [4.78, 5) is 64.0. The maximum atomic E-state index is 13.5. The Hall–Kier alpha value is -2.13. The molecule has 0 aromatic heterocycles. The Balaban J connectivity index is 2.83. The van der Waals surface area contributed by atoms with Crippen molar-refractivity contribution in [1.82, 2.24) is 26.2 Å². The second-order valence-corrected chi connectivity index (χ2v) is 15.6. The zero-order valence-electron chi connectivity index (χ0n) is 31.9. The molecule has 2 atom stereocenters. The molecule has 4 amide bonds. The first-order chi connectivity index (χ1) is 24.4. The van der Waals surface area contributed by atoms with Crippen molar-refractivity contribution in [3.63, 3.8) is 0 Å². The van der Waals surface area contributed by atoms with E-state index in [-0.39, 0.29) is 48.7 Å². The third-order valence-corrected chi connectivity index (χ3v) is 10.3. The predicted octanol–water partition coefficient (Wildman–Crippen LogP) is 2.74. The van der Waals surface area contributed by atoms with Crippen LogP contribution in [0.1, 0.15) is 98.8 Å². The standard InChI is InChI=1S/C35H68N5O10P/c1-6-20-47-23-17-36-32(41)26-40(27-33(42)37-18-24-48-21-7-2)31(35(44)39-19-25-49-22-8-3)11-9-10-16-38-34(43)29-12-14-30(15-13-29)50-51(45,46)28(4)5/h28-31H,6-27H2,1-5H3,(H,36,41)(H,37,42)(H,38,43)(H,39,44)(H,45,46).